The summed E-state index contributed by atoms with van der Waals surface area (Å²) in [5.41, 5.74) is 2.69. The summed E-state index contributed by atoms with van der Waals surface area (Å²) in [4.78, 5) is 26.0. The first-order chi connectivity index (χ1) is 11.7. The van der Waals surface area contributed by atoms with E-state index in [1.165, 1.54) is 7.11 Å². The Hall–Kier alpha value is -2.82. The molecule has 1 atom stereocenters. The average molecular weight is 324 g/mol. The van der Waals surface area contributed by atoms with Crippen molar-refractivity contribution in [3.63, 3.8) is 0 Å². The van der Waals surface area contributed by atoms with Gasteiger partial charge in [-0.25, -0.2) is 0 Å². The van der Waals surface area contributed by atoms with Crippen LogP contribution >= 0.6 is 0 Å². The smallest absolute Gasteiger partial charge is 0.305 e. The number of methoxy groups -OCH3 is 1. The maximum atomic E-state index is 12.4. The van der Waals surface area contributed by atoms with Crippen LogP contribution in [0.4, 0.5) is 5.69 Å². The van der Waals surface area contributed by atoms with Crippen molar-refractivity contribution in [1.82, 2.24) is 5.32 Å². The summed E-state index contributed by atoms with van der Waals surface area (Å²) in [5.74, 6) is -0.382. The molecule has 0 spiro atoms. The fourth-order valence-corrected chi connectivity index (χ4v) is 2.95. The van der Waals surface area contributed by atoms with Crippen molar-refractivity contribution in [1.29, 1.82) is 0 Å². The number of fused-ring (bicyclic) bond motifs is 1. The second-order valence-electron chi connectivity index (χ2n) is 5.73. The van der Waals surface area contributed by atoms with Crippen LogP contribution in [-0.2, 0) is 16.1 Å². The van der Waals surface area contributed by atoms with Crippen LogP contribution in [0.2, 0.25) is 0 Å². The van der Waals surface area contributed by atoms with E-state index < -0.39 is 0 Å². The zero-order valence-electron chi connectivity index (χ0n) is 13.6. The fourth-order valence-electron chi connectivity index (χ4n) is 2.95. The molecule has 2 aromatic carbocycles. The van der Waals surface area contributed by atoms with E-state index in [1.807, 2.05) is 42.5 Å². The van der Waals surface area contributed by atoms with Crippen molar-refractivity contribution in [2.45, 2.75) is 25.6 Å². The van der Waals surface area contributed by atoms with Crippen LogP contribution in [0.25, 0.3) is 0 Å². The maximum absolute atomic E-state index is 12.4. The number of anilines is 1. The first kappa shape index (κ1) is 16.1. The Bertz CT molecular complexity index is 730. The highest BCUT2D eigenvalue weighted by molar-refractivity contribution is 6.01. The number of nitrogens with one attached hydrogen (secondary N) is 1. The zero-order valence-corrected chi connectivity index (χ0v) is 13.6. The minimum Gasteiger partial charge on any atom is -0.469 e. The molecule has 1 heterocycles. The molecule has 0 bridgehead atoms. The number of benzene rings is 2. The highest BCUT2D eigenvalue weighted by atomic mass is 16.5. The molecule has 1 aliphatic heterocycles. The number of hydrogen-bond acceptors (Lipinski definition) is 4. The molecule has 5 nitrogen and oxygen atoms in total. The van der Waals surface area contributed by atoms with Gasteiger partial charge in [0, 0.05) is 13.0 Å². The van der Waals surface area contributed by atoms with E-state index in [4.69, 9.17) is 4.74 Å². The zero-order chi connectivity index (χ0) is 16.9. The number of rotatable bonds is 5. The Kier molecular flexibility index (Phi) is 4.79. The van der Waals surface area contributed by atoms with E-state index in [0.29, 0.717) is 18.5 Å². The third kappa shape index (κ3) is 3.40. The lowest BCUT2D eigenvalue weighted by atomic mass is 10.0. The molecule has 5 heteroatoms. The Morgan fingerprint density at radius 2 is 1.83 bits per heavy atom. The lowest BCUT2D eigenvalue weighted by Crippen LogP contribution is -2.52. The minimum absolute atomic E-state index is 0.107. The van der Waals surface area contributed by atoms with Gasteiger partial charge in [-0.3, -0.25) is 9.59 Å². The van der Waals surface area contributed by atoms with Crippen molar-refractivity contribution in [2.75, 3.05) is 12.0 Å². The van der Waals surface area contributed by atoms with Crippen LogP contribution in [0, 0.1) is 0 Å². The number of carbonyl (C=O) groups is 2. The lowest BCUT2D eigenvalue weighted by molar-refractivity contribution is -0.140. The summed E-state index contributed by atoms with van der Waals surface area (Å²) in [5, 5.41) is 3.00. The van der Waals surface area contributed by atoms with E-state index in [2.05, 4.69) is 22.3 Å². The van der Waals surface area contributed by atoms with Crippen molar-refractivity contribution in [3.05, 3.63) is 65.7 Å². The van der Waals surface area contributed by atoms with Crippen molar-refractivity contribution >= 4 is 17.6 Å². The second-order valence-corrected chi connectivity index (χ2v) is 5.73. The largest absolute Gasteiger partial charge is 0.469 e. The Labute approximate surface area is 141 Å². The molecular formula is C19H20N2O3. The van der Waals surface area contributed by atoms with Gasteiger partial charge >= 0.3 is 5.97 Å². The van der Waals surface area contributed by atoms with Crippen LogP contribution in [0.5, 0.6) is 0 Å². The van der Waals surface area contributed by atoms with Gasteiger partial charge in [0.15, 0.2) is 0 Å². The van der Waals surface area contributed by atoms with Crippen LogP contribution in [0.15, 0.2) is 54.6 Å². The number of carbonyl (C=O) groups excluding carboxylic acids is 2. The molecule has 124 valence electrons. The fraction of sp³-hybridized carbons (Fsp3) is 0.263. The SMILES string of the molecule is COC(=O)CCC1NC(=O)c2ccccc2N1Cc1ccccc1. The van der Waals surface area contributed by atoms with Crippen molar-refractivity contribution in [2.24, 2.45) is 0 Å². The summed E-state index contributed by atoms with van der Waals surface area (Å²) in [6, 6.07) is 17.6. The number of ether oxygens (including phenoxy) is 1. The molecule has 0 saturated heterocycles. The van der Waals surface area contributed by atoms with Crippen LogP contribution in [0.1, 0.15) is 28.8 Å². The number of hydrogen-bond donors (Lipinski definition) is 1. The molecule has 1 N–H and O–H groups in total. The predicted molar refractivity (Wildman–Crippen MR) is 91.6 cm³/mol. The summed E-state index contributed by atoms with van der Waals surface area (Å²) in [7, 11) is 1.37. The Balaban J connectivity index is 1.89. The molecule has 3 rings (SSSR count). The van der Waals surface area contributed by atoms with Crippen LogP contribution in [-0.4, -0.2) is 25.2 Å². The monoisotopic (exact) mass is 324 g/mol. The summed E-state index contributed by atoms with van der Waals surface area (Å²) < 4.78 is 4.72. The lowest BCUT2D eigenvalue weighted by Gasteiger charge is -2.39. The molecule has 0 aromatic heterocycles. The predicted octanol–water partition coefficient (Wildman–Crippen LogP) is 2.72. The van der Waals surface area contributed by atoms with Crippen LogP contribution in [0.3, 0.4) is 0 Å². The highest BCUT2D eigenvalue weighted by Crippen LogP contribution is 2.29. The van der Waals surface area contributed by atoms with E-state index in [0.717, 1.165) is 11.3 Å². The minimum atomic E-state index is -0.275. The normalized spacial score (nSPS) is 16.3. The van der Waals surface area contributed by atoms with E-state index in [1.54, 1.807) is 0 Å². The van der Waals surface area contributed by atoms with E-state index >= 15 is 0 Å². The molecule has 1 amide bonds. The van der Waals surface area contributed by atoms with Gasteiger partial charge in [-0.05, 0) is 24.1 Å². The quantitative estimate of drug-likeness (QED) is 0.859. The van der Waals surface area contributed by atoms with Gasteiger partial charge in [-0.15, -0.1) is 0 Å². The third-order valence-electron chi connectivity index (χ3n) is 4.18. The first-order valence-electron chi connectivity index (χ1n) is 7.96. The van der Waals surface area contributed by atoms with Gasteiger partial charge < -0.3 is 15.0 Å². The summed E-state index contributed by atoms with van der Waals surface area (Å²) in [6.07, 6.45) is 0.515. The average Bonchev–Trinajstić information content (AvgIpc) is 2.63. The van der Waals surface area contributed by atoms with Crippen molar-refractivity contribution in [3.8, 4) is 0 Å². The molecule has 24 heavy (non-hydrogen) atoms. The molecular weight excluding hydrogens is 304 g/mol. The Morgan fingerprint density at radius 3 is 2.58 bits per heavy atom. The summed E-state index contributed by atoms with van der Waals surface area (Å²) >= 11 is 0. The topological polar surface area (TPSA) is 58.6 Å². The number of esters is 1. The number of amides is 1. The van der Waals surface area contributed by atoms with Crippen LogP contribution < -0.4 is 10.2 Å². The second kappa shape index (κ2) is 7.17. The highest BCUT2D eigenvalue weighted by Gasteiger charge is 2.30. The first-order valence-corrected chi connectivity index (χ1v) is 7.96. The van der Waals surface area contributed by atoms with Gasteiger partial charge in [0.05, 0.1) is 18.4 Å². The molecule has 1 unspecified atom stereocenters. The number of para-hydroxylation sites is 1. The van der Waals surface area contributed by atoms with Gasteiger partial charge in [0.25, 0.3) is 5.91 Å². The molecule has 1 aliphatic rings. The molecule has 0 radical (unpaired) electrons. The van der Waals surface area contributed by atoms with Gasteiger partial charge in [-0.1, -0.05) is 42.5 Å². The summed E-state index contributed by atoms with van der Waals surface area (Å²) in [6.45, 7) is 0.657. The van der Waals surface area contributed by atoms with E-state index in [9.17, 15) is 9.59 Å². The molecule has 2 aromatic rings. The molecule has 0 fully saturated rings. The molecule has 0 aliphatic carbocycles. The third-order valence-corrected chi connectivity index (χ3v) is 4.18. The number of nitrogens with zero attached hydrogens (tertiary/aromatic N) is 1. The van der Waals surface area contributed by atoms with Gasteiger partial charge in [0.1, 0.15) is 6.17 Å². The molecule has 0 saturated carbocycles. The maximum Gasteiger partial charge on any atom is 0.305 e. The van der Waals surface area contributed by atoms with Gasteiger partial charge in [-0.2, -0.15) is 0 Å². The van der Waals surface area contributed by atoms with Crippen molar-refractivity contribution < 1.29 is 14.3 Å². The van der Waals surface area contributed by atoms with E-state index in [-0.39, 0.29) is 24.5 Å². The standard InChI is InChI=1S/C19H20N2O3/c1-24-18(22)12-11-17-20-19(23)15-9-5-6-10-16(15)21(17)13-14-7-3-2-4-8-14/h2-10,17H,11-13H2,1H3,(H,20,23). The van der Waals surface area contributed by atoms with Gasteiger partial charge in [0.2, 0.25) is 0 Å². The Morgan fingerprint density at radius 1 is 1.12 bits per heavy atom.